The first kappa shape index (κ1) is 22.8. The molecule has 0 bridgehead atoms. The van der Waals surface area contributed by atoms with Gasteiger partial charge in [-0.3, -0.25) is 0 Å². The first-order valence-corrected chi connectivity index (χ1v) is 12.7. The molecule has 4 heteroatoms. The van der Waals surface area contributed by atoms with Gasteiger partial charge >= 0.3 is 0 Å². The van der Waals surface area contributed by atoms with Crippen LogP contribution in [0.5, 0.6) is 5.75 Å². The first-order valence-electron chi connectivity index (χ1n) is 12.7. The average molecular weight is 480 g/mol. The van der Waals surface area contributed by atoms with Gasteiger partial charge < -0.3 is 14.4 Å². The van der Waals surface area contributed by atoms with Crippen LogP contribution in [0.2, 0.25) is 0 Å². The lowest BCUT2D eigenvalue weighted by atomic mass is 9.82. The summed E-state index contributed by atoms with van der Waals surface area (Å²) in [6.45, 7) is 7.61. The maximum atomic E-state index is 15.3. The van der Waals surface area contributed by atoms with Gasteiger partial charge in [0.2, 0.25) is 0 Å². The molecule has 2 heterocycles. The zero-order chi connectivity index (χ0) is 24.7. The predicted molar refractivity (Wildman–Crippen MR) is 144 cm³/mol. The van der Waals surface area contributed by atoms with Gasteiger partial charge in [0.15, 0.2) is 5.60 Å². The third-order valence-electron chi connectivity index (χ3n) is 7.41. The van der Waals surface area contributed by atoms with Crippen LogP contribution in [-0.2, 0) is 10.3 Å². The lowest BCUT2D eigenvalue weighted by Gasteiger charge is -2.37. The van der Waals surface area contributed by atoms with Gasteiger partial charge in [-0.1, -0.05) is 68.4 Å². The molecule has 0 aromatic heterocycles. The molecule has 6 rings (SSSR count). The van der Waals surface area contributed by atoms with Crippen LogP contribution in [0, 0.1) is 5.82 Å². The van der Waals surface area contributed by atoms with E-state index in [1.165, 1.54) is 17.0 Å². The number of morpholine rings is 1. The van der Waals surface area contributed by atoms with Crippen LogP contribution in [0.15, 0.2) is 84.9 Å². The maximum absolute atomic E-state index is 15.3. The highest BCUT2D eigenvalue weighted by Crippen LogP contribution is 2.45. The average Bonchev–Trinajstić information content (AvgIpc) is 2.93. The van der Waals surface area contributed by atoms with Crippen LogP contribution in [0.4, 0.5) is 10.1 Å². The summed E-state index contributed by atoms with van der Waals surface area (Å²) in [5.41, 5.74) is 3.80. The summed E-state index contributed by atoms with van der Waals surface area (Å²) < 4.78 is 27.6. The summed E-state index contributed by atoms with van der Waals surface area (Å²) >= 11 is 0. The SMILES string of the molecule is CC(C)c1ccc2c3c(ccc2c1)OC(c1ccc(N2CCOCC2)cc1)(c1ccccc1F)C=C3. The van der Waals surface area contributed by atoms with Crippen molar-refractivity contribution in [3.63, 3.8) is 0 Å². The Balaban J connectivity index is 1.46. The standard InChI is InChI=1S/C32H30FNO2/c1-22(2)23-7-13-27-24(21-23)8-14-31-28(27)15-16-32(36-31,29-5-3-4-6-30(29)33)25-9-11-26(12-10-25)34-17-19-35-20-18-34/h3-16,21-22H,17-20H2,1-2H3. The van der Waals surface area contributed by atoms with Crippen molar-refractivity contribution in [2.24, 2.45) is 0 Å². The Kier molecular flexibility index (Phi) is 5.77. The number of nitrogens with zero attached hydrogens (tertiary/aromatic N) is 1. The van der Waals surface area contributed by atoms with Crippen LogP contribution < -0.4 is 9.64 Å². The van der Waals surface area contributed by atoms with Crippen molar-refractivity contribution < 1.29 is 13.9 Å². The van der Waals surface area contributed by atoms with Crippen LogP contribution in [0.25, 0.3) is 16.8 Å². The summed E-state index contributed by atoms with van der Waals surface area (Å²) in [4.78, 5) is 2.31. The lowest BCUT2D eigenvalue weighted by molar-refractivity contribution is 0.122. The molecule has 2 aliphatic rings. The summed E-state index contributed by atoms with van der Waals surface area (Å²) in [6.07, 6.45) is 4.10. The molecule has 1 saturated heterocycles. The van der Waals surface area contributed by atoms with Crippen molar-refractivity contribution in [1.29, 1.82) is 0 Å². The minimum atomic E-state index is -1.06. The minimum absolute atomic E-state index is 0.287. The number of ether oxygens (including phenoxy) is 2. The quantitative estimate of drug-likeness (QED) is 0.307. The highest BCUT2D eigenvalue weighted by molar-refractivity contribution is 5.94. The van der Waals surface area contributed by atoms with Crippen molar-refractivity contribution in [2.75, 3.05) is 31.2 Å². The smallest absolute Gasteiger partial charge is 0.180 e. The summed E-state index contributed by atoms with van der Waals surface area (Å²) in [5, 5.41) is 2.32. The largest absolute Gasteiger partial charge is 0.473 e. The van der Waals surface area contributed by atoms with Crippen molar-refractivity contribution in [1.82, 2.24) is 0 Å². The Morgan fingerprint density at radius 3 is 2.42 bits per heavy atom. The Morgan fingerprint density at radius 2 is 1.67 bits per heavy atom. The van der Waals surface area contributed by atoms with Crippen LogP contribution in [0.3, 0.4) is 0 Å². The molecule has 3 nitrogen and oxygen atoms in total. The summed E-state index contributed by atoms with van der Waals surface area (Å²) in [7, 11) is 0. The molecule has 0 aliphatic carbocycles. The van der Waals surface area contributed by atoms with E-state index in [0.29, 0.717) is 11.5 Å². The fourth-order valence-corrected chi connectivity index (χ4v) is 5.34. The number of fused-ring (bicyclic) bond motifs is 3. The molecule has 1 fully saturated rings. The normalized spacial score (nSPS) is 19.4. The van der Waals surface area contributed by atoms with E-state index < -0.39 is 5.60 Å². The third-order valence-corrected chi connectivity index (χ3v) is 7.41. The fourth-order valence-electron chi connectivity index (χ4n) is 5.34. The molecule has 4 aromatic carbocycles. The highest BCUT2D eigenvalue weighted by Gasteiger charge is 2.39. The van der Waals surface area contributed by atoms with E-state index in [-0.39, 0.29) is 5.82 Å². The van der Waals surface area contributed by atoms with Crippen LogP contribution in [0.1, 0.15) is 42.0 Å². The van der Waals surface area contributed by atoms with Gasteiger partial charge in [0.1, 0.15) is 11.6 Å². The molecular weight excluding hydrogens is 449 g/mol. The number of rotatable bonds is 4. The van der Waals surface area contributed by atoms with E-state index >= 15 is 4.39 Å². The van der Waals surface area contributed by atoms with Gasteiger partial charge in [-0.15, -0.1) is 0 Å². The Bertz CT molecular complexity index is 1440. The number of hydrogen-bond donors (Lipinski definition) is 0. The number of benzene rings is 4. The monoisotopic (exact) mass is 479 g/mol. The number of halogens is 1. The molecule has 4 aromatic rings. The molecule has 0 N–H and O–H groups in total. The molecule has 0 spiro atoms. The Labute approximate surface area is 211 Å². The second-order valence-electron chi connectivity index (χ2n) is 9.91. The van der Waals surface area contributed by atoms with Crippen molar-refractivity contribution in [3.8, 4) is 5.75 Å². The highest BCUT2D eigenvalue weighted by atomic mass is 19.1. The van der Waals surface area contributed by atoms with Crippen LogP contribution >= 0.6 is 0 Å². The number of anilines is 1. The Morgan fingerprint density at radius 1 is 0.889 bits per heavy atom. The van der Waals surface area contributed by atoms with E-state index in [4.69, 9.17) is 9.47 Å². The molecule has 2 aliphatic heterocycles. The molecule has 1 atom stereocenters. The zero-order valence-corrected chi connectivity index (χ0v) is 20.7. The van der Waals surface area contributed by atoms with Gasteiger partial charge in [-0.05, 0) is 58.7 Å². The summed E-state index contributed by atoms with van der Waals surface area (Å²) in [6, 6.07) is 25.9. The molecule has 182 valence electrons. The fraction of sp³-hybridized carbons (Fsp3) is 0.250. The number of hydrogen-bond acceptors (Lipinski definition) is 3. The van der Waals surface area contributed by atoms with E-state index in [1.54, 1.807) is 6.07 Å². The molecule has 0 amide bonds. The van der Waals surface area contributed by atoms with Gasteiger partial charge in [0.05, 0.1) is 13.2 Å². The predicted octanol–water partition coefficient (Wildman–Crippen LogP) is 7.29. The minimum Gasteiger partial charge on any atom is -0.473 e. The van der Waals surface area contributed by atoms with Crippen molar-refractivity contribution in [3.05, 3.63) is 113 Å². The van der Waals surface area contributed by atoms with Gasteiger partial charge in [0.25, 0.3) is 0 Å². The second kappa shape index (κ2) is 9.11. The topological polar surface area (TPSA) is 21.7 Å². The van der Waals surface area contributed by atoms with Gasteiger partial charge in [-0.2, -0.15) is 0 Å². The van der Waals surface area contributed by atoms with Crippen molar-refractivity contribution in [2.45, 2.75) is 25.4 Å². The van der Waals surface area contributed by atoms with E-state index in [9.17, 15) is 0 Å². The third kappa shape index (κ3) is 3.86. The molecule has 0 saturated carbocycles. The first-order chi connectivity index (χ1) is 17.5. The maximum Gasteiger partial charge on any atom is 0.180 e. The molecular formula is C32H30FNO2. The van der Waals surface area contributed by atoms with Gasteiger partial charge in [0, 0.05) is 35.5 Å². The lowest BCUT2D eigenvalue weighted by Crippen LogP contribution is -2.37. The second-order valence-corrected chi connectivity index (χ2v) is 9.91. The molecule has 1 unspecified atom stereocenters. The van der Waals surface area contributed by atoms with Gasteiger partial charge in [-0.25, -0.2) is 4.39 Å². The van der Waals surface area contributed by atoms with E-state index in [2.05, 4.69) is 73.4 Å². The summed E-state index contributed by atoms with van der Waals surface area (Å²) in [5.74, 6) is 0.930. The Hall–Kier alpha value is -3.63. The zero-order valence-electron chi connectivity index (χ0n) is 20.7. The van der Waals surface area contributed by atoms with E-state index in [0.717, 1.165) is 54.3 Å². The van der Waals surface area contributed by atoms with E-state index in [1.807, 2.05) is 24.3 Å². The van der Waals surface area contributed by atoms with Crippen LogP contribution in [-0.4, -0.2) is 26.3 Å². The molecule has 36 heavy (non-hydrogen) atoms. The van der Waals surface area contributed by atoms with Crippen molar-refractivity contribution >= 4 is 22.5 Å². The molecule has 0 radical (unpaired) electrons.